The highest BCUT2D eigenvalue weighted by Gasteiger charge is 2.03. The Bertz CT molecular complexity index is 124. The van der Waals surface area contributed by atoms with E-state index < -0.39 is 6.10 Å². The highest BCUT2D eigenvalue weighted by molar-refractivity contribution is 5.75. The highest BCUT2D eigenvalue weighted by Crippen LogP contribution is 1.94. The molecule has 0 aromatic carbocycles. The van der Waals surface area contributed by atoms with E-state index in [1.807, 2.05) is 0 Å². The molecule has 0 fully saturated rings. The Labute approximate surface area is 67.2 Å². The second kappa shape index (κ2) is 5.09. The summed E-state index contributed by atoms with van der Waals surface area (Å²) in [6.07, 6.45) is 0.484. The zero-order valence-electron chi connectivity index (χ0n) is 7.29. The summed E-state index contributed by atoms with van der Waals surface area (Å²) < 4.78 is 0. The molecular weight excluding hydrogens is 144 g/mol. The van der Waals surface area contributed by atoms with Crippen molar-refractivity contribution in [3.63, 3.8) is 0 Å². The summed E-state index contributed by atoms with van der Waals surface area (Å²) in [5.74, 6) is -0.0594. The Kier molecular flexibility index (Phi) is 4.81. The number of amides is 1. The number of hydrogen-bond donors (Lipinski definition) is 2. The first-order chi connectivity index (χ1) is 5.02. The lowest BCUT2D eigenvalue weighted by molar-refractivity contribution is -0.125. The van der Waals surface area contributed by atoms with Gasteiger partial charge in [0.2, 0.25) is 5.91 Å². The van der Waals surface area contributed by atoms with Crippen LogP contribution in [0.15, 0.2) is 0 Å². The molecule has 0 aromatic rings. The number of hydrazine groups is 1. The lowest BCUT2D eigenvalue weighted by atomic mass is 10.2. The third-order valence-electron chi connectivity index (χ3n) is 1.14. The maximum absolute atomic E-state index is 10.9. The molecule has 2 N–H and O–H groups in total. The first kappa shape index (κ1) is 10.4. The first-order valence-corrected chi connectivity index (χ1v) is 3.67. The van der Waals surface area contributed by atoms with E-state index in [9.17, 15) is 4.79 Å². The molecule has 0 aromatic heterocycles. The molecule has 0 radical (unpaired) electrons. The van der Waals surface area contributed by atoms with Gasteiger partial charge in [0.15, 0.2) is 0 Å². The average Bonchev–Trinajstić information content (AvgIpc) is 1.82. The molecule has 66 valence electrons. The first-order valence-electron chi connectivity index (χ1n) is 3.67. The second-order valence-electron chi connectivity index (χ2n) is 2.82. The van der Waals surface area contributed by atoms with Crippen molar-refractivity contribution in [2.24, 2.45) is 0 Å². The Morgan fingerprint density at radius 1 is 1.64 bits per heavy atom. The topological polar surface area (TPSA) is 52.6 Å². The molecular formula is C7H16N2O2. The number of carbonyl (C=O) groups excluding carboxylic acids is 1. The lowest BCUT2D eigenvalue weighted by Gasteiger charge is -2.11. The molecule has 0 heterocycles. The predicted octanol–water partition coefficient (Wildman–Crippen LogP) is -0.260. The van der Waals surface area contributed by atoms with E-state index in [0.29, 0.717) is 12.8 Å². The van der Waals surface area contributed by atoms with Gasteiger partial charge in [-0.2, -0.15) is 0 Å². The van der Waals surface area contributed by atoms with Gasteiger partial charge in [0, 0.05) is 20.5 Å². The van der Waals surface area contributed by atoms with Gasteiger partial charge in [-0.05, 0) is 13.3 Å². The van der Waals surface area contributed by atoms with Crippen molar-refractivity contribution < 1.29 is 9.90 Å². The Hall–Kier alpha value is -0.610. The zero-order chi connectivity index (χ0) is 8.85. The number of hydrogen-bond acceptors (Lipinski definition) is 3. The van der Waals surface area contributed by atoms with Crippen LogP contribution in [-0.4, -0.2) is 36.2 Å². The van der Waals surface area contributed by atoms with Crippen LogP contribution in [0.5, 0.6) is 0 Å². The SMILES string of the molecule is CC(O)CCC(=O)NN(C)C. The fourth-order valence-corrected chi connectivity index (χ4v) is 0.645. The third kappa shape index (κ3) is 7.29. The molecule has 1 atom stereocenters. The third-order valence-corrected chi connectivity index (χ3v) is 1.14. The van der Waals surface area contributed by atoms with Crippen molar-refractivity contribution in [2.75, 3.05) is 14.1 Å². The molecule has 1 amide bonds. The van der Waals surface area contributed by atoms with Crippen LogP contribution < -0.4 is 5.43 Å². The zero-order valence-corrected chi connectivity index (χ0v) is 7.29. The highest BCUT2D eigenvalue weighted by atomic mass is 16.3. The summed E-state index contributed by atoms with van der Waals surface area (Å²) in [4.78, 5) is 10.9. The molecule has 4 nitrogen and oxygen atoms in total. The number of aliphatic hydroxyl groups is 1. The average molecular weight is 160 g/mol. The second-order valence-corrected chi connectivity index (χ2v) is 2.82. The van der Waals surface area contributed by atoms with Crippen molar-refractivity contribution in [1.29, 1.82) is 0 Å². The molecule has 0 aliphatic heterocycles. The van der Waals surface area contributed by atoms with E-state index in [1.54, 1.807) is 26.0 Å². The van der Waals surface area contributed by atoms with Gasteiger partial charge in [-0.1, -0.05) is 0 Å². The van der Waals surface area contributed by atoms with Crippen molar-refractivity contribution in [3.8, 4) is 0 Å². The fraction of sp³-hybridized carbons (Fsp3) is 0.857. The largest absolute Gasteiger partial charge is 0.393 e. The standard InChI is InChI=1S/C7H16N2O2/c1-6(10)4-5-7(11)8-9(2)3/h6,10H,4-5H2,1-3H3,(H,8,11). The lowest BCUT2D eigenvalue weighted by Crippen LogP contribution is -2.36. The maximum Gasteiger partial charge on any atom is 0.234 e. The number of carbonyl (C=O) groups is 1. The molecule has 0 spiro atoms. The molecule has 0 saturated heterocycles. The van der Waals surface area contributed by atoms with Crippen molar-refractivity contribution in [3.05, 3.63) is 0 Å². The minimum atomic E-state index is -0.400. The minimum Gasteiger partial charge on any atom is -0.393 e. The molecule has 0 rings (SSSR count). The van der Waals surface area contributed by atoms with Crippen molar-refractivity contribution in [2.45, 2.75) is 25.9 Å². The van der Waals surface area contributed by atoms with Crippen LogP contribution in [-0.2, 0) is 4.79 Å². The minimum absolute atomic E-state index is 0.0594. The van der Waals surface area contributed by atoms with Gasteiger partial charge in [-0.15, -0.1) is 0 Å². The van der Waals surface area contributed by atoms with Crippen LogP contribution in [0.2, 0.25) is 0 Å². The smallest absolute Gasteiger partial charge is 0.234 e. The maximum atomic E-state index is 10.9. The molecule has 0 bridgehead atoms. The van der Waals surface area contributed by atoms with Crippen molar-refractivity contribution >= 4 is 5.91 Å². The number of rotatable bonds is 4. The van der Waals surface area contributed by atoms with Crippen LogP contribution in [0.3, 0.4) is 0 Å². The van der Waals surface area contributed by atoms with Gasteiger partial charge in [-0.25, -0.2) is 5.01 Å². The number of nitrogens with zero attached hydrogens (tertiary/aromatic N) is 1. The molecule has 0 saturated carbocycles. The fourth-order valence-electron chi connectivity index (χ4n) is 0.645. The Morgan fingerprint density at radius 3 is 2.55 bits per heavy atom. The van der Waals surface area contributed by atoms with E-state index in [4.69, 9.17) is 5.11 Å². The van der Waals surface area contributed by atoms with Crippen LogP contribution in [0.4, 0.5) is 0 Å². The molecule has 0 aliphatic carbocycles. The summed E-state index contributed by atoms with van der Waals surface area (Å²) in [7, 11) is 3.50. The summed E-state index contributed by atoms with van der Waals surface area (Å²) >= 11 is 0. The Balaban J connectivity index is 3.38. The Morgan fingerprint density at radius 2 is 2.18 bits per heavy atom. The normalized spacial score (nSPS) is 13.2. The van der Waals surface area contributed by atoms with E-state index in [2.05, 4.69) is 5.43 Å². The van der Waals surface area contributed by atoms with Gasteiger partial charge in [0.1, 0.15) is 0 Å². The van der Waals surface area contributed by atoms with E-state index >= 15 is 0 Å². The summed E-state index contributed by atoms with van der Waals surface area (Å²) in [6, 6.07) is 0. The van der Waals surface area contributed by atoms with Gasteiger partial charge < -0.3 is 5.11 Å². The van der Waals surface area contributed by atoms with E-state index in [-0.39, 0.29) is 5.91 Å². The quantitative estimate of drug-likeness (QED) is 0.557. The van der Waals surface area contributed by atoms with Gasteiger partial charge >= 0.3 is 0 Å². The van der Waals surface area contributed by atoms with E-state index in [0.717, 1.165) is 0 Å². The number of nitrogens with one attached hydrogen (secondary N) is 1. The van der Waals surface area contributed by atoms with Crippen LogP contribution >= 0.6 is 0 Å². The van der Waals surface area contributed by atoms with Gasteiger partial charge in [0.25, 0.3) is 0 Å². The van der Waals surface area contributed by atoms with Gasteiger partial charge in [-0.3, -0.25) is 10.2 Å². The van der Waals surface area contributed by atoms with Crippen molar-refractivity contribution in [1.82, 2.24) is 10.4 Å². The van der Waals surface area contributed by atoms with Crippen LogP contribution in [0, 0.1) is 0 Å². The summed E-state index contributed by atoms with van der Waals surface area (Å²) in [5, 5.41) is 10.4. The monoisotopic (exact) mass is 160 g/mol. The summed E-state index contributed by atoms with van der Waals surface area (Å²) in [5.41, 5.74) is 2.58. The van der Waals surface area contributed by atoms with Crippen LogP contribution in [0.1, 0.15) is 19.8 Å². The molecule has 0 aliphatic rings. The molecule has 1 unspecified atom stereocenters. The predicted molar refractivity (Wildman–Crippen MR) is 42.7 cm³/mol. The number of aliphatic hydroxyl groups excluding tert-OH is 1. The van der Waals surface area contributed by atoms with E-state index in [1.165, 1.54) is 0 Å². The summed E-state index contributed by atoms with van der Waals surface area (Å²) in [6.45, 7) is 1.67. The molecule has 11 heavy (non-hydrogen) atoms. The van der Waals surface area contributed by atoms with Gasteiger partial charge in [0.05, 0.1) is 6.10 Å². The molecule has 4 heteroatoms. The van der Waals surface area contributed by atoms with Crippen LogP contribution in [0.25, 0.3) is 0 Å².